The summed E-state index contributed by atoms with van der Waals surface area (Å²) in [6, 6.07) is 0.479. The van der Waals surface area contributed by atoms with Gasteiger partial charge in [0, 0.05) is 55.6 Å². The highest BCUT2D eigenvalue weighted by molar-refractivity contribution is 6.28. The Morgan fingerprint density at radius 3 is 2.62 bits per heavy atom. The zero-order chi connectivity index (χ0) is 17.5. The van der Waals surface area contributed by atoms with Crippen molar-refractivity contribution >= 4 is 17.7 Å². The monoisotopic (exact) mass is 352 g/mol. The van der Waals surface area contributed by atoms with Crippen LogP contribution in [-0.2, 0) is 11.3 Å². The van der Waals surface area contributed by atoms with Crippen molar-refractivity contribution in [2.45, 2.75) is 52.3 Å². The Bertz CT molecular complexity index is 616. The molecule has 0 unspecified atom stereocenters. The number of carbonyl (C=O) groups is 1. The molecule has 0 aliphatic carbocycles. The van der Waals surface area contributed by atoms with E-state index in [4.69, 9.17) is 16.3 Å². The molecule has 2 fully saturated rings. The van der Waals surface area contributed by atoms with Crippen LogP contribution in [0.2, 0.25) is 5.28 Å². The molecule has 3 heterocycles. The summed E-state index contributed by atoms with van der Waals surface area (Å²) in [5, 5.41) is 0.276. The summed E-state index contributed by atoms with van der Waals surface area (Å²) in [4.78, 5) is 24.7. The van der Waals surface area contributed by atoms with E-state index in [2.05, 4.69) is 21.8 Å². The normalized spacial score (nSPS) is 27.4. The summed E-state index contributed by atoms with van der Waals surface area (Å²) in [5.41, 5.74) is 0.744. The molecule has 6 nitrogen and oxygen atoms in total. The Hall–Kier alpha value is -1.40. The first-order chi connectivity index (χ1) is 11.2. The molecule has 1 amide bonds. The van der Waals surface area contributed by atoms with Crippen LogP contribution in [0.25, 0.3) is 0 Å². The third kappa shape index (κ3) is 3.64. The van der Waals surface area contributed by atoms with Gasteiger partial charge in [-0.15, -0.1) is 0 Å². The number of piperidine rings is 1. The van der Waals surface area contributed by atoms with Crippen LogP contribution < -0.4 is 0 Å². The van der Waals surface area contributed by atoms with Crippen LogP contribution in [0.1, 0.15) is 39.7 Å². The van der Waals surface area contributed by atoms with Crippen LogP contribution in [0.3, 0.4) is 0 Å². The van der Waals surface area contributed by atoms with E-state index in [1.54, 1.807) is 12.4 Å². The Balaban J connectivity index is 1.58. The molecule has 3 rings (SSSR count). The second kappa shape index (κ2) is 6.15. The second-order valence-corrected chi connectivity index (χ2v) is 8.46. The molecule has 1 aromatic rings. The summed E-state index contributed by atoms with van der Waals surface area (Å²) >= 11 is 5.74. The van der Waals surface area contributed by atoms with Crippen LogP contribution in [0.15, 0.2) is 12.4 Å². The molecule has 0 spiro atoms. The highest BCUT2D eigenvalue weighted by Crippen LogP contribution is 2.44. The average Bonchev–Trinajstić information content (AvgIpc) is 2.45. The van der Waals surface area contributed by atoms with Gasteiger partial charge in [-0.05, 0) is 38.8 Å². The number of likely N-dealkylation sites (tertiary alicyclic amines) is 2. The van der Waals surface area contributed by atoms with Gasteiger partial charge in [-0.1, -0.05) is 6.92 Å². The van der Waals surface area contributed by atoms with Crippen LogP contribution in [0.5, 0.6) is 0 Å². The number of ether oxygens (including phenoxy) is 1. The molecule has 132 valence electrons. The second-order valence-electron chi connectivity index (χ2n) is 8.13. The fraction of sp³-hybridized carbons (Fsp3) is 0.706. The van der Waals surface area contributed by atoms with Gasteiger partial charge in [-0.3, -0.25) is 4.90 Å². The summed E-state index contributed by atoms with van der Waals surface area (Å²) in [7, 11) is 0. The SMILES string of the molecule is CC(C)(C)OC(=O)N1CC[C@H]2N(Cc3cnc(Cl)nc3)C[C@@]2(C)C1. The minimum absolute atomic E-state index is 0.127. The smallest absolute Gasteiger partial charge is 0.410 e. The lowest BCUT2D eigenvalue weighted by atomic mass is 9.69. The van der Waals surface area contributed by atoms with E-state index in [0.29, 0.717) is 6.04 Å². The molecule has 2 aliphatic rings. The van der Waals surface area contributed by atoms with Crippen molar-refractivity contribution in [1.29, 1.82) is 0 Å². The van der Waals surface area contributed by atoms with Crippen LogP contribution in [-0.4, -0.2) is 57.1 Å². The maximum absolute atomic E-state index is 12.3. The zero-order valence-corrected chi connectivity index (χ0v) is 15.5. The molecule has 0 saturated carbocycles. The maximum atomic E-state index is 12.3. The van der Waals surface area contributed by atoms with Crippen molar-refractivity contribution in [2.24, 2.45) is 5.41 Å². The molecule has 0 N–H and O–H groups in total. The van der Waals surface area contributed by atoms with E-state index in [9.17, 15) is 4.79 Å². The predicted molar refractivity (Wildman–Crippen MR) is 91.8 cm³/mol. The maximum Gasteiger partial charge on any atom is 0.410 e. The van der Waals surface area contributed by atoms with Crippen molar-refractivity contribution in [3.05, 3.63) is 23.2 Å². The Kier molecular flexibility index (Phi) is 4.47. The molecule has 7 heteroatoms. The van der Waals surface area contributed by atoms with Crippen molar-refractivity contribution in [3.8, 4) is 0 Å². The molecule has 24 heavy (non-hydrogen) atoms. The Labute approximate surface area is 148 Å². The number of hydrogen-bond donors (Lipinski definition) is 0. The number of fused-ring (bicyclic) bond motifs is 1. The minimum Gasteiger partial charge on any atom is -0.444 e. The van der Waals surface area contributed by atoms with Crippen LogP contribution in [0, 0.1) is 5.41 Å². The number of hydrogen-bond acceptors (Lipinski definition) is 5. The van der Waals surface area contributed by atoms with Gasteiger partial charge in [-0.25, -0.2) is 14.8 Å². The van der Waals surface area contributed by atoms with Crippen LogP contribution in [0.4, 0.5) is 4.79 Å². The van der Waals surface area contributed by atoms with Crippen molar-refractivity contribution in [2.75, 3.05) is 19.6 Å². The zero-order valence-electron chi connectivity index (χ0n) is 14.8. The first-order valence-corrected chi connectivity index (χ1v) is 8.72. The number of halogens is 1. The molecule has 0 radical (unpaired) electrons. The molecule has 0 bridgehead atoms. The third-order valence-corrected chi connectivity index (χ3v) is 4.94. The number of aromatic nitrogens is 2. The molecule has 2 saturated heterocycles. The molecule has 2 aliphatic heterocycles. The van der Waals surface area contributed by atoms with E-state index in [1.165, 1.54) is 0 Å². The minimum atomic E-state index is -0.449. The van der Waals surface area contributed by atoms with Gasteiger partial charge in [0.25, 0.3) is 0 Å². The Morgan fingerprint density at radius 2 is 2.04 bits per heavy atom. The summed E-state index contributed by atoms with van der Waals surface area (Å²) in [6.07, 6.45) is 4.32. The molecule has 2 atom stereocenters. The topological polar surface area (TPSA) is 58.6 Å². The number of carbonyl (C=O) groups excluding carboxylic acids is 1. The lowest BCUT2D eigenvalue weighted by molar-refractivity contribution is -0.116. The van der Waals surface area contributed by atoms with Gasteiger partial charge in [0.1, 0.15) is 5.60 Å². The van der Waals surface area contributed by atoms with E-state index < -0.39 is 5.60 Å². The lowest BCUT2D eigenvalue weighted by Gasteiger charge is -2.60. The first kappa shape index (κ1) is 17.4. The summed E-state index contributed by atoms with van der Waals surface area (Å²) in [5.74, 6) is 0. The van der Waals surface area contributed by atoms with Crippen LogP contribution >= 0.6 is 11.6 Å². The largest absolute Gasteiger partial charge is 0.444 e. The highest BCUT2D eigenvalue weighted by atomic mass is 35.5. The van der Waals surface area contributed by atoms with Gasteiger partial charge in [0.15, 0.2) is 0 Å². The number of nitrogens with zero attached hydrogens (tertiary/aromatic N) is 4. The number of rotatable bonds is 2. The van der Waals surface area contributed by atoms with E-state index >= 15 is 0 Å². The summed E-state index contributed by atoms with van der Waals surface area (Å²) < 4.78 is 5.51. The van der Waals surface area contributed by atoms with E-state index in [0.717, 1.165) is 38.2 Å². The van der Waals surface area contributed by atoms with Gasteiger partial charge < -0.3 is 9.64 Å². The van der Waals surface area contributed by atoms with Crippen molar-refractivity contribution in [1.82, 2.24) is 19.8 Å². The van der Waals surface area contributed by atoms with Gasteiger partial charge in [0.2, 0.25) is 5.28 Å². The molecular weight excluding hydrogens is 328 g/mol. The van der Waals surface area contributed by atoms with Crippen molar-refractivity contribution < 1.29 is 9.53 Å². The quantitative estimate of drug-likeness (QED) is 0.766. The van der Waals surface area contributed by atoms with E-state index in [1.807, 2.05) is 25.7 Å². The fourth-order valence-electron chi connectivity index (χ4n) is 3.79. The molecular formula is C17H25ClN4O2. The standard InChI is InChI=1S/C17H25ClN4O2/c1-16(2,3)24-15(23)21-6-5-13-17(4,10-21)11-22(13)9-12-7-19-14(18)20-8-12/h7-8,13H,5-6,9-11H2,1-4H3/t13-,17-/m1/s1. The Morgan fingerprint density at radius 1 is 1.38 bits per heavy atom. The summed E-state index contributed by atoms with van der Waals surface area (Å²) in [6.45, 7) is 11.2. The molecule has 0 aromatic carbocycles. The van der Waals surface area contributed by atoms with Crippen molar-refractivity contribution in [3.63, 3.8) is 0 Å². The first-order valence-electron chi connectivity index (χ1n) is 8.35. The third-order valence-electron chi connectivity index (χ3n) is 4.75. The predicted octanol–water partition coefficient (Wildman–Crippen LogP) is 2.96. The van der Waals surface area contributed by atoms with Gasteiger partial charge in [0.05, 0.1) is 0 Å². The van der Waals surface area contributed by atoms with E-state index in [-0.39, 0.29) is 16.8 Å². The highest BCUT2D eigenvalue weighted by Gasteiger charge is 2.52. The fourth-order valence-corrected chi connectivity index (χ4v) is 3.89. The van der Waals surface area contributed by atoms with Gasteiger partial charge in [-0.2, -0.15) is 0 Å². The average molecular weight is 353 g/mol. The van der Waals surface area contributed by atoms with Gasteiger partial charge >= 0.3 is 6.09 Å². The number of amides is 1. The molecule has 1 aromatic heterocycles. The lowest BCUT2D eigenvalue weighted by Crippen LogP contribution is -2.70.